The van der Waals surface area contributed by atoms with Gasteiger partial charge in [0.15, 0.2) is 0 Å². The van der Waals surface area contributed by atoms with Gasteiger partial charge in [-0.05, 0) is 24.1 Å². The van der Waals surface area contributed by atoms with Gasteiger partial charge in [0.2, 0.25) is 0 Å². The van der Waals surface area contributed by atoms with Crippen LogP contribution in [-0.4, -0.2) is 23.3 Å². The van der Waals surface area contributed by atoms with Crippen molar-refractivity contribution in [1.29, 1.82) is 0 Å². The fourth-order valence-electron chi connectivity index (χ4n) is 1.80. The average molecular weight is 354 g/mol. The molecule has 2 N–H and O–H groups in total. The first-order valence-corrected chi connectivity index (χ1v) is 6.86. The van der Waals surface area contributed by atoms with Crippen molar-refractivity contribution in [3.8, 4) is 0 Å². The molecule has 20 heavy (non-hydrogen) atoms. The van der Waals surface area contributed by atoms with E-state index in [1.165, 1.54) is 24.3 Å². The third kappa shape index (κ3) is 4.79. The van der Waals surface area contributed by atoms with Crippen LogP contribution in [0.15, 0.2) is 28.7 Å². The van der Waals surface area contributed by atoms with Crippen LogP contribution in [0, 0.1) is 0 Å². The lowest BCUT2D eigenvalue weighted by Crippen LogP contribution is -2.44. The Kier molecular flexibility index (Phi) is 6.01. The molecule has 3 nitrogen and oxygen atoms in total. The van der Waals surface area contributed by atoms with Gasteiger partial charge in [-0.3, -0.25) is 10.1 Å². The lowest BCUT2D eigenvalue weighted by molar-refractivity contribution is -0.163. The molecule has 0 aliphatic carbocycles. The normalized spacial score (nSPS) is 14.8. The molecule has 2 atom stereocenters. The van der Waals surface area contributed by atoms with Crippen LogP contribution in [0.25, 0.3) is 0 Å². The summed E-state index contributed by atoms with van der Waals surface area (Å²) in [6.45, 7) is 1.72. The summed E-state index contributed by atoms with van der Waals surface area (Å²) in [4.78, 5) is 11.0. The minimum atomic E-state index is -4.56. The Morgan fingerprint density at radius 2 is 1.90 bits per heavy atom. The predicted molar refractivity (Wildman–Crippen MR) is 72.4 cm³/mol. The molecule has 0 aliphatic heterocycles. The zero-order valence-corrected chi connectivity index (χ0v) is 12.3. The summed E-state index contributed by atoms with van der Waals surface area (Å²) in [5, 5.41) is 11.2. The van der Waals surface area contributed by atoms with Crippen LogP contribution in [-0.2, 0) is 4.79 Å². The highest BCUT2D eigenvalue weighted by Gasteiger charge is 2.42. The molecule has 0 aromatic heterocycles. The van der Waals surface area contributed by atoms with Crippen LogP contribution in [0.2, 0.25) is 0 Å². The maximum absolute atomic E-state index is 13.1. The first kappa shape index (κ1) is 17.0. The second-order valence-electron chi connectivity index (χ2n) is 4.37. The van der Waals surface area contributed by atoms with Gasteiger partial charge in [0.05, 0.1) is 0 Å². The largest absolute Gasteiger partial charge is 0.480 e. The quantitative estimate of drug-likeness (QED) is 0.815. The molecule has 0 radical (unpaired) electrons. The standard InChI is InChI=1S/C13H15BrF3NO2/c1-2-3-10(12(19)20)18-11(13(15,16)17)8-4-6-9(14)7-5-8/h4-7,10-11,18H,2-3H2,1H3,(H,19,20)/t10-,11?/m0/s1. The van der Waals surface area contributed by atoms with Gasteiger partial charge >= 0.3 is 12.1 Å². The molecule has 0 heterocycles. The summed E-state index contributed by atoms with van der Waals surface area (Å²) in [7, 11) is 0. The van der Waals surface area contributed by atoms with Gasteiger partial charge in [0, 0.05) is 4.47 Å². The van der Waals surface area contributed by atoms with Crippen molar-refractivity contribution in [1.82, 2.24) is 5.32 Å². The first-order valence-electron chi connectivity index (χ1n) is 6.06. The smallest absolute Gasteiger partial charge is 0.407 e. The Bertz CT molecular complexity index is 448. The van der Waals surface area contributed by atoms with E-state index in [0.29, 0.717) is 10.9 Å². The summed E-state index contributed by atoms with van der Waals surface area (Å²) in [5.41, 5.74) is -0.0111. The van der Waals surface area contributed by atoms with E-state index in [-0.39, 0.29) is 12.0 Å². The molecule has 7 heteroatoms. The summed E-state index contributed by atoms with van der Waals surface area (Å²) in [6, 6.07) is 2.40. The maximum Gasteiger partial charge on any atom is 0.407 e. The minimum absolute atomic E-state index is 0.0111. The van der Waals surface area contributed by atoms with Gasteiger partial charge in [-0.15, -0.1) is 0 Å². The Morgan fingerprint density at radius 1 is 1.35 bits per heavy atom. The monoisotopic (exact) mass is 353 g/mol. The van der Waals surface area contributed by atoms with Crippen LogP contribution in [0.4, 0.5) is 13.2 Å². The number of halogens is 4. The lowest BCUT2D eigenvalue weighted by atomic mass is 10.0. The minimum Gasteiger partial charge on any atom is -0.480 e. The number of aliphatic carboxylic acids is 1. The molecule has 1 aromatic rings. The van der Waals surface area contributed by atoms with E-state index in [1.54, 1.807) is 6.92 Å². The topological polar surface area (TPSA) is 49.3 Å². The molecule has 1 rings (SSSR count). The first-order chi connectivity index (χ1) is 9.25. The predicted octanol–water partition coefficient (Wildman–Crippen LogP) is 3.90. The third-order valence-corrected chi connectivity index (χ3v) is 3.30. The molecule has 1 aromatic carbocycles. The summed E-state index contributed by atoms with van der Waals surface area (Å²) in [6.07, 6.45) is -3.94. The van der Waals surface area contributed by atoms with Crippen molar-refractivity contribution in [2.75, 3.05) is 0 Å². The highest BCUT2D eigenvalue weighted by atomic mass is 79.9. The Hall–Kier alpha value is -1.08. The third-order valence-electron chi connectivity index (χ3n) is 2.77. The van der Waals surface area contributed by atoms with Gasteiger partial charge < -0.3 is 5.11 Å². The number of nitrogens with one attached hydrogen (secondary N) is 1. The number of carbonyl (C=O) groups is 1. The van der Waals surface area contributed by atoms with E-state index in [2.05, 4.69) is 21.2 Å². The van der Waals surface area contributed by atoms with Crippen LogP contribution >= 0.6 is 15.9 Å². The molecule has 0 amide bonds. The molecule has 0 saturated heterocycles. The fraction of sp³-hybridized carbons (Fsp3) is 0.462. The molecule has 1 unspecified atom stereocenters. The van der Waals surface area contributed by atoms with E-state index in [0.717, 1.165) is 0 Å². The van der Waals surface area contributed by atoms with Crippen molar-refractivity contribution >= 4 is 21.9 Å². The van der Waals surface area contributed by atoms with Crippen LogP contribution in [0.1, 0.15) is 31.4 Å². The molecular weight excluding hydrogens is 339 g/mol. The van der Waals surface area contributed by atoms with Crippen molar-refractivity contribution < 1.29 is 23.1 Å². The zero-order chi connectivity index (χ0) is 15.3. The van der Waals surface area contributed by atoms with Gasteiger partial charge in [-0.1, -0.05) is 41.4 Å². The van der Waals surface area contributed by atoms with E-state index in [4.69, 9.17) is 5.11 Å². The lowest BCUT2D eigenvalue weighted by Gasteiger charge is -2.25. The van der Waals surface area contributed by atoms with E-state index >= 15 is 0 Å². The van der Waals surface area contributed by atoms with E-state index < -0.39 is 24.2 Å². The molecule has 0 fully saturated rings. The fourth-order valence-corrected chi connectivity index (χ4v) is 2.07. The summed E-state index contributed by atoms with van der Waals surface area (Å²) in [5.74, 6) is -1.28. The number of hydrogen-bond donors (Lipinski definition) is 2. The summed E-state index contributed by atoms with van der Waals surface area (Å²) < 4.78 is 40.0. The number of carboxylic acids is 1. The molecule has 0 spiro atoms. The van der Waals surface area contributed by atoms with Gasteiger partial charge in [-0.25, -0.2) is 0 Å². The zero-order valence-electron chi connectivity index (χ0n) is 10.7. The van der Waals surface area contributed by atoms with Crippen molar-refractivity contribution in [2.45, 2.75) is 38.0 Å². The number of carboxylic acid groups (broad SMARTS) is 1. The van der Waals surface area contributed by atoms with E-state index in [9.17, 15) is 18.0 Å². The number of hydrogen-bond acceptors (Lipinski definition) is 2. The SMILES string of the molecule is CCC[C@H](NC(c1ccc(Br)cc1)C(F)(F)F)C(=O)O. The summed E-state index contributed by atoms with van der Waals surface area (Å²) >= 11 is 3.15. The molecular formula is C13H15BrF3NO2. The van der Waals surface area contributed by atoms with E-state index in [1.807, 2.05) is 0 Å². The van der Waals surface area contributed by atoms with Crippen LogP contribution in [0.3, 0.4) is 0 Å². The van der Waals surface area contributed by atoms with Crippen LogP contribution in [0.5, 0.6) is 0 Å². The average Bonchev–Trinajstić information content (AvgIpc) is 2.34. The molecule has 112 valence electrons. The van der Waals surface area contributed by atoms with Crippen molar-refractivity contribution in [3.63, 3.8) is 0 Å². The molecule has 0 bridgehead atoms. The van der Waals surface area contributed by atoms with Crippen molar-refractivity contribution in [2.24, 2.45) is 0 Å². The van der Waals surface area contributed by atoms with Crippen molar-refractivity contribution in [3.05, 3.63) is 34.3 Å². The maximum atomic E-state index is 13.1. The molecule has 0 aliphatic rings. The number of alkyl halides is 3. The Balaban J connectivity index is 3.01. The second-order valence-corrected chi connectivity index (χ2v) is 5.29. The van der Waals surface area contributed by atoms with Gasteiger partial charge in [0.25, 0.3) is 0 Å². The number of benzene rings is 1. The highest BCUT2D eigenvalue weighted by Crippen LogP contribution is 2.33. The highest BCUT2D eigenvalue weighted by molar-refractivity contribution is 9.10. The number of rotatable bonds is 6. The second kappa shape index (κ2) is 7.08. The van der Waals surface area contributed by atoms with Crippen LogP contribution < -0.4 is 5.32 Å². The molecule has 0 saturated carbocycles. The Labute approximate surface area is 123 Å². The Morgan fingerprint density at radius 3 is 2.30 bits per heavy atom. The van der Waals surface area contributed by atoms with Gasteiger partial charge in [-0.2, -0.15) is 13.2 Å². The van der Waals surface area contributed by atoms with Gasteiger partial charge in [0.1, 0.15) is 12.1 Å².